The molecule has 2 heterocycles. The lowest BCUT2D eigenvalue weighted by molar-refractivity contribution is 0.214. The van der Waals surface area contributed by atoms with Gasteiger partial charge in [-0.2, -0.15) is 0 Å². The number of para-hydroxylation sites is 1. The summed E-state index contributed by atoms with van der Waals surface area (Å²) in [7, 11) is 2.26. The Morgan fingerprint density at radius 1 is 1.12 bits per heavy atom. The average Bonchev–Trinajstić information content (AvgIpc) is 2.61. The lowest BCUT2D eigenvalue weighted by atomic mass is 9.97. The van der Waals surface area contributed by atoms with Gasteiger partial charge in [0.1, 0.15) is 0 Å². The summed E-state index contributed by atoms with van der Waals surface area (Å²) >= 11 is 3.73. The number of hydrogen-bond acceptors (Lipinski definition) is 4. The van der Waals surface area contributed by atoms with Crippen LogP contribution in [0.5, 0.6) is 0 Å². The van der Waals surface area contributed by atoms with Crippen LogP contribution in [0.4, 0.5) is 11.4 Å². The van der Waals surface area contributed by atoms with Crippen molar-refractivity contribution >= 4 is 34.9 Å². The highest BCUT2D eigenvalue weighted by atomic mass is 32.2. The number of hydrogen-bond donors (Lipinski definition) is 0. The van der Waals surface area contributed by atoms with Crippen molar-refractivity contribution in [3.8, 4) is 0 Å². The van der Waals surface area contributed by atoms with Crippen LogP contribution in [-0.2, 0) is 0 Å². The molecule has 24 heavy (non-hydrogen) atoms. The lowest BCUT2D eigenvalue weighted by Crippen LogP contribution is -2.38. The van der Waals surface area contributed by atoms with E-state index in [1.807, 2.05) is 23.5 Å². The van der Waals surface area contributed by atoms with Crippen LogP contribution in [0.15, 0.2) is 57.2 Å². The summed E-state index contributed by atoms with van der Waals surface area (Å²) in [5.41, 5.74) is 2.76. The van der Waals surface area contributed by atoms with E-state index >= 15 is 0 Å². The molecule has 0 bridgehead atoms. The van der Waals surface area contributed by atoms with E-state index in [0.717, 1.165) is 12.5 Å². The molecule has 0 N–H and O–H groups in total. The molecule has 0 amide bonds. The zero-order chi connectivity index (χ0) is 16.5. The first-order chi connectivity index (χ1) is 11.7. The number of nitrogens with zero attached hydrogens (tertiary/aromatic N) is 2. The number of fused-ring (bicyclic) bond motifs is 2. The molecule has 1 fully saturated rings. The van der Waals surface area contributed by atoms with Crippen LogP contribution in [0.1, 0.15) is 12.8 Å². The van der Waals surface area contributed by atoms with Gasteiger partial charge in [0.05, 0.1) is 11.4 Å². The molecule has 0 aliphatic carbocycles. The summed E-state index contributed by atoms with van der Waals surface area (Å²) in [5, 5.41) is 0. The third-order valence-corrected chi connectivity index (χ3v) is 6.85. The largest absolute Gasteiger partial charge is 0.339 e. The van der Waals surface area contributed by atoms with Gasteiger partial charge in [-0.25, -0.2) is 0 Å². The van der Waals surface area contributed by atoms with E-state index in [0.29, 0.717) is 0 Å². The maximum absolute atomic E-state index is 2.57. The SMILES string of the molecule is CSc1ccc2c(c1)N(CC1CCCN(C)C1)c1ccccc1S2. The topological polar surface area (TPSA) is 6.48 Å². The van der Waals surface area contributed by atoms with Crippen molar-refractivity contribution in [2.24, 2.45) is 5.92 Å². The Kier molecular flexibility index (Phi) is 4.79. The molecule has 2 aliphatic rings. The van der Waals surface area contributed by atoms with Gasteiger partial charge in [0.25, 0.3) is 0 Å². The fraction of sp³-hybridized carbons (Fsp3) is 0.400. The molecule has 4 rings (SSSR count). The smallest absolute Gasteiger partial charge is 0.0564 e. The first-order valence-electron chi connectivity index (χ1n) is 8.65. The average molecular weight is 357 g/mol. The Labute approximate surface area is 153 Å². The van der Waals surface area contributed by atoms with Gasteiger partial charge in [-0.15, -0.1) is 11.8 Å². The fourth-order valence-electron chi connectivity index (χ4n) is 3.81. The number of piperidine rings is 1. The number of anilines is 2. The highest BCUT2D eigenvalue weighted by molar-refractivity contribution is 8.00. The predicted octanol–water partition coefficient (Wildman–Crippen LogP) is 5.35. The molecule has 1 atom stereocenters. The minimum atomic E-state index is 0.741. The van der Waals surface area contributed by atoms with E-state index in [1.165, 1.54) is 52.0 Å². The molecule has 2 aromatic carbocycles. The van der Waals surface area contributed by atoms with Crippen LogP contribution in [0.25, 0.3) is 0 Å². The lowest BCUT2D eigenvalue weighted by Gasteiger charge is -2.38. The van der Waals surface area contributed by atoms with E-state index in [1.54, 1.807) is 0 Å². The third-order valence-electron chi connectivity index (χ3n) is 5.00. The Morgan fingerprint density at radius 2 is 1.96 bits per heavy atom. The van der Waals surface area contributed by atoms with Crippen molar-refractivity contribution < 1.29 is 0 Å². The molecular formula is C20H24N2S2. The maximum atomic E-state index is 2.57. The van der Waals surface area contributed by atoms with Gasteiger partial charge in [0.15, 0.2) is 0 Å². The zero-order valence-electron chi connectivity index (χ0n) is 14.4. The van der Waals surface area contributed by atoms with E-state index in [4.69, 9.17) is 0 Å². The van der Waals surface area contributed by atoms with Gasteiger partial charge in [-0.3, -0.25) is 0 Å². The molecule has 1 unspecified atom stereocenters. The summed E-state index contributed by atoms with van der Waals surface area (Å²) < 4.78 is 0. The zero-order valence-corrected chi connectivity index (χ0v) is 16.0. The summed E-state index contributed by atoms with van der Waals surface area (Å²) in [5.74, 6) is 0.741. The number of rotatable bonds is 3. The Morgan fingerprint density at radius 3 is 2.79 bits per heavy atom. The van der Waals surface area contributed by atoms with Crippen LogP contribution >= 0.6 is 23.5 Å². The van der Waals surface area contributed by atoms with Crippen LogP contribution < -0.4 is 4.90 Å². The maximum Gasteiger partial charge on any atom is 0.0564 e. The second-order valence-corrected chi connectivity index (χ2v) is 8.75. The van der Waals surface area contributed by atoms with Crippen molar-refractivity contribution in [3.63, 3.8) is 0 Å². The molecule has 0 spiro atoms. The molecule has 126 valence electrons. The van der Waals surface area contributed by atoms with Crippen molar-refractivity contribution in [2.45, 2.75) is 27.5 Å². The molecule has 1 saturated heterocycles. The quantitative estimate of drug-likeness (QED) is 0.683. The van der Waals surface area contributed by atoms with Crippen LogP contribution in [0.3, 0.4) is 0 Å². The highest BCUT2D eigenvalue weighted by Gasteiger charge is 2.27. The fourth-order valence-corrected chi connectivity index (χ4v) is 5.32. The van der Waals surface area contributed by atoms with Gasteiger partial charge in [0, 0.05) is 27.8 Å². The Balaban J connectivity index is 1.71. The van der Waals surface area contributed by atoms with Crippen molar-refractivity contribution in [2.75, 3.05) is 37.8 Å². The first-order valence-corrected chi connectivity index (χ1v) is 10.7. The number of benzene rings is 2. The van der Waals surface area contributed by atoms with Crippen molar-refractivity contribution in [1.82, 2.24) is 4.90 Å². The van der Waals surface area contributed by atoms with E-state index < -0.39 is 0 Å². The highest BCUT2D eigenvalue weighted by Crippen LogP contribution is 2.49. The third kappa shape index (κ3) is 3.19. The monoisotopic (exact) mass is 356 g/mol. The molecule has 2 aliphatic heterocycles. The minimum Gasteiger partial charge on any atom is -0.339 e. The van der Waals surface area contributed by atoms with Gasteiger partial charge in [-0.05, 0) is 68.9 Å². The van der Waals surface area contributed by atoms with Gasteiger partial charge < -0.3 is 9.80 Å². The first kappa shape index (κ1) is 16.4. The number of thioether (sulfide) groups is 1. The molecular weight excluding hydrogens is 332 g/mol. The summed E-state index contributed by atoms with van der Waals surface area (Å²) in [6, 6.07) is 15.8. The van der Waals surface area contributed by atoms with Crippen LogP contribution in [0, 0.1) is 5.92 Å². The van der Waals surface area contributed by atoms with Gasteiger partial charge in [-0.1, -0.05) is 23.9 Å². The van der Waals surface area contributed by atoms with E-state index in [2.05, 4.69) is 65.6 Å². The molecule has 0 aromatic heterocycles. The van der Waals surface area contributed by atoms with Gasteiger partial charge >= 0.3 is 0 Å². The van der Waals surface area contributed by atoms with E-state index in [-0.39, 0.29) is 0 Å². The molecule has 2 aromatic rings. The van der Waals surface area contributed by atoms with Crippen molar-refractivity contribution in [3.05, 3.63) is 42.5 Å². The summed E-state index contributed by atoms with van der Waals surface area (Å²) in [6.45, 7) is 3.58. The minimum absolute atomic E-state index is 0.741. The van der Waals surface area contributed by atoms with Crippen LogP contribution in [0.2, 0.25) is 0 Å². The Hall–Kier alpha value is -1.10. The van der Waals surface area contributed by atoms with Crippen LogP contribution in [-0.4, -0.2) is 37.8 Å². The molecule has 0 saturated carbocycles. The number of likely N-dealkylation sites (tertiary alicyclic amines) is 1. The molecule has 4 heteroatoms. The standard InChI is InChI=1S/C20H24N2S2/c1-21-11-5-6-15(13-21)14-22-17-7-3-4-8-19(17)24-20-10-9-16(23-2)12-18(20)22/h3-4,7-10,12,15H,5-6,11,13-14H2,1-2H3. The molecule has 0 radical (unpaired) electrons. The molecule has 2 nitrogen and oxygen atoms in total. The second-order valence-electron chi connectivity index (χ2n) is 6.78. The van der Waals surface area contributed by atoms with Gasteiger partial charge in [0.2, 0.25) is 0 Å². The second kappa shape index (κ2) is 7.03. The van der Waals surface area contributed by atoms with Crippen molar-refractivity contribution in [1.29, 1.82) is 0 Å². The van der Waals surface area contributed by atoms with E-state index in [9.17, 15) is 0 Å². The summed E-state index contributed by atoms with van der Waals surface area (Å²) in [4.78, 5) is 9.17. The normalized spacial score (nSPS) is 20.6. The summed E-state index contributed by atoms with van der Waals surface area (Å²) in [6.07, 6.45) is 4.82. The Bertz CT molecular complexity index is 731. The predicted molar refractivity (Wildman–Crippen MR) is 106 cm³/mol.